The van der Waals surface area contributed by atoms with Gasteiger partial charge in [0.25, 0.3) is 0 Å². The lowest BCUT2D eigenvalue weighted by atomic mass is 10.3. The summed E-state index contributed by atoms with van der Waals surface area (Å²) in [7, 11) is 3.89. The molecule has 0 saturated heterocycles. The van der Waals surface area contributed by atoms with E-state index in [1.165, 1.54) is 0 Å². The highest BCUT2D eigenvalue weighted by molar-refractivity contribution is 5.68. The van der Waals surface area contributed by atoms with E-state index in [2.05, 4.69) is 15.3 Å². The van der Waals surface area contributed by atoms with Crippen LogP contribution < -0.4 is 10.6 Å². The maximum Gasteiger partial charge on any atom is 0.243 e. The molecule has 2 aromatic rings. The highest BCUT2D eigenvalue weighted by Crippen LogP contribution is 2.18. The molecule has 0 saturated carbocycles. The van der Waals surface area contributed by atoms with Crippen LogP contribution in [-0.4, -0.2) is 33.9 Å². The van der Waals surface area contributed by atoms with Crippen LogP contribution in [0.2, 0.25) is 0 Å². The standard InChI is InChI=1S/C8H12N6/c1-5-4-6(13(2)3)7-10-11-8(9)14(7)12-5/h4H,1-3H3,(H2,9,11). The predicted octanol–water partition coefficient (Wildman–Crippen LogP) is 0.0809. The molecular formula is C8H12N6. The molecule has 0 atom stereocenters. The summed E-state index contributed by atoms with van der Waals surface area (Å²) in [4.78, 5) is 1.96. The summed E-state index contributed by atoms with van der Waals surface area (Å²) in [6.07, 6.45) is 0. The van der Waals surface area contributed by atoms with E-state index in [0.717, 1.165) is 11.4 Å². The molecule has 0 aromatic carbocycles. The van der Waals surface area contributed by atoms with Crippen molar-refractivity contribution in [2.24, 2.45) is 0 Å². The van der Waals surface area contributed by atoms with Gasteiger partial charge >= 0.3 is 0 Å². The minimum atomic E-state index is 0.312. The van der Waals surface area contributed by atoms with E-state index >= 15 is 0 Å². The van der Waals surface area contributed by atoms with Gasteiger partial charge < -0.3 is 10.6 Å². The number of aryl methyl sites for hydroxylation is 1. The summed E-state index contributed by atoms with van der Waals surface area (Å²) >= 11 is 0. The van der Waals surface area contributed by atoms with Crippen LogP contribution in [-0.2, 0) is 0 Å². The number of nitrogens with zero attached hydrogens (tertiary/aromatic N) is 5. The normalized spacial score (nSPS) is 10.8. The van der Waals surface area contributed by atoms with E-state index in [-0.39, 0.29) is 0 Å². The number of nitrogen functional groups attached to an aromatic ring is 1. The van der Waals surface area contributed by atoms with E-state index < -0.39 is 0 Å². The molecule has 14 heavy (non-hydrogen) atoms. The van der Waals surface area contributed by atoms with E-state index in [1.54, 1.807) is 4.52 Å². The summed E-state index contributed by atoms with van der Waals surface area (Å²) < 4.78 is 1.55. The van der Waals surface area contributed by atoms with Gasteiger partial charge in [-0.25, -0.2) is 0 Å². The molecule has 2 N–H and O–H groups in total. The highest BCUT2D eigenvalue weighted by atomic mass is 15.4. The predicted molar refractivity (Wildman–Crippen MR) is 54.3 cm³/mol. The average Bonchev–Trinajstić information content (AvgIpc) is 2.47. The second kappa shape index (κ2) is 2.83. The zero-order valence-electron chi connectivity index (χ0n) is 8.39. The van der Waals surface area contributed by atoms with Gasteiger partial charge in [0.05, 0.1) is 11.4 Å². The quantitative estimate of drug-likeness (QED) is 0.692. The van der Waals surface area contributed by atoms with Crippen molar-refractivity contribution in [2.75, 3.05) is 24.7 Å². The molecule has 0 aliphatic rings. The molecule has 0 unspecified atom stereocenters. The Labute approximate surface area is 81.3 Å². The van der Waals surface area contributed by atoms with Gasteiger partial charge in [0.15, 0.2) is 0 Å². The van der Waals surface area contributed by atoms with Crippen molar-refractivity contribution in [2.45, 2.75) is 6.92 Å². The number of rotatable bonds is 1. The van der Waals surface area contributed by atoms with E-state index in [1.807, 2.05) is 32.0 Å². The van der Waals surface area contributed by atoms with Crippen molar-refractivity contribution in [3.8, 4) is 0 Å². The van der Waals surface area contributed by atoms with Gasteiger partial charge in [-0.15, -0.1) is 10.2 Å². The van der Waals surface area contributed by atoms with Crippen LogP contribution in [0.1, 0.15) is 5.69 Å². The first-order chi connectivity index (χ1) is 6.59. The maximum atomic E-state index is 5.62. The number of anilines is 2. The number of aromatic nitrogens is 4. The monoisotopic (exact) mass is 192 g/mol. The Morgan fingerprint density at radius 2 is 2.07 bits per heavy atom. The zero-order valence-corrected chi connectivity index (χ0v) is 8.39. The average molecular weight is 192 g/mol. The molecule has 0 spiro atoms. The minimum Gasteiger partial charge on any atom is -0.375 e. The van der Waals surface area contributed by atoms with Gasteiger partial charge in [-0.3, -0.25) is 0 Å². The maximum absolute atomic E-state index is 5.62. The number of nitrogens with two attached hydrogens (primary N) is 1. The first kappa shape index (κ1) is 8.74. The van der Waals surface area contributed by atoms with Crippen molar-refractivity contribution < 1.29 is 0 Å². The lowest BCUT2D eigenvalue weighted by Gasteiger charge is -2.12. The van der Waals surface area contributed by atoms with E-state index in [9.17, 15) is 0 Å². The lowest BCUT2D eigenvalue weighted by molar-refractivity contribution is 0.898. The Kier molecular flexibility index (Phi) is 1.77. The van der Waals surface area contributed by atoms with Crippen molar-refractivity contribution in [1.29, 1.82) is 0 Å². The van der Waals surface area contributed by atoms with Gasteiger partial charge in [0.1, 0.15) is 0 Å². The largest absolute Gasteiger partial charge is 0.375 e. The Balaban J connectivity index is 2.82. The van der Waals surface area contributed by atoms with Crippen molar-refractivity contribution >= 4 is 17.3 Å². The highest BCUT2D eigenvalue weighted by Gasteiger charge is 2.10. The fourth-order valence-corrected chi connectivity index (χ4v) is 1.33. The first-order valence-electron chi connectivity index (χ1n) is 4.25. The molecule has 6 nitrogen and oxygen atoms in total. The van der Waals surface area contributed by atoms with Gasteiger partial charge in [-0.2, -0.15) is 9.61 Å². The molecule has 0 bridgehead atoms. The zero-order chi connectivity index (χ0) is 10.3. The van der Waals surface area contributed by atoms with Crippen LogP contribution >= 0.6 is 0 Å². The summed E-state index contributed by atoms with van der Waals surface area (Å²) in [5.74, 6) is 0.312. The third-order valence-electron chi connectivity index (χ3n) is 1.98. The number of fused-ring (bicyclic) bond motifs is 1. The van der Waals surface area contributed by atoms with Crippen molar-refractivity contribution in [1.82, 2.24) is 19.8 Å². The van der Waals surface area contributed by atoms with Crippen LogP contribution in [0.4, 0.5) is 11.6 Å². The number of hydrogen-bond donors (Lipinski definition) is 1. The van der Waals surface area contributed by atoms with E-state index in [4.69, 9.17) is 5.73 Å². The second-order valence-electron chi connectivity index (χ2n) is 3.36. The summed E-state index contributed by atoms with van der Waals surface area (Å²) in [5.41, 5.74) is 8.14. The third kappa shape index (κ3) is 1.15. The fraction of sp³-hybridized carbons (Fsp3) is 0.375. The van der Waals surface area contributed by atoms with Gasteiger partial charge in [-0.05, 0) is 13.0 Å². The van der Waals surface area contributed by atoms with Crippen LogP contribution in [0.5, 0.6) is 0 Å². The summed E-state index contributed by atoms with van der Waals surface area (Å²) in [5, 5.41) is 12.0. The molecule has 74 valence electrons. The first-order valence-corrected chi connectivity index (χ1v) is 4.25. The minimum absolute atomic E-state index is 0.312. The topological polar surface area (TPSA) is 72.3 Å². The van der Waals surface area contributed by atoms with Crippen LogP contribution in [0, 0.1) is 6.92 Å². The lowest BCUT2D eigenvalue weighted by Crippen LogP contribution is -2.12. The Morgan fingerprint density at radius 3 is 2.71 bits per heavy atom. The van der Waals surface area contributed by atoms with Crippen molar-refractivity contribution in [3.63, 3.8) is 0 Å². The van der Waals surface area contributed by atoms with Crippen LogP contribution in [0.3, 0.4) is 0 Å². The molecule has 0 fully saturated rings. The summed E-state index contributed by atoms with van der Waals surface area (Å²) in [6.45, 7) is 1.91. The SMILES string of the molecule is Cc1cc(N(C)C)c2nnc(N)n2n1. The van der Waals surface area contributed by atoms with Gasteiger partial charge in [0, 0.05) is 14.1 Å². The molecule has 6 heteroatoms. The molecule has 0 radical (unpaired) electrons. The molecule has 2 heterocycles. The van der Waals surface area contributed by atoms with Gasteiger partial charge in [-0.1, -0.05) is 0 Å². The fourth-order valence-electron chi connectivity index (χ4n) is 1.33. The van der Waals surface area contributed by atoms with E-state index in [0.29, 0.717) is 11.6 Å². The number of hydrogen-bond acceptors (Lipinski definition) is 5. The Morgan fingerprint density at radius 1 is 1.36 bits per heavy atom. The van der Waals surface area contributed by atoms with Crippen molar-refractivity contribution in [3.05, 3.63) is 11.8 Å². The van der Waals surface area contributed by atoms with Gasteiger partial charge in [0.2, 0.25) is 11.6 Å². The smallest absolute Gasteiger partial charge is 0.243 e. The Bertz CT molecular complexity index is 472. The molecule has 0 aliphatic carbocycles. The molecule has 2 aromatic heterocycles. The second-order valence-corrected chi connectivity index (χ2v) is 3.36. The molecule has 0 amide bonds. The van der Waals surface area contributed by atoms with Crippen LogP contribution in [0.15, 0.2) is 6.07 Å². The Hall–Kier alpha value is -1.85. The molecule has 2 rings (SSSR count). The third-order valence-corrected chi connectivity index (χ3v) is 1.98. The summed E-state index contributed by atoms with van der Waals surface area (Å²) in [6, 6.07) is 1.95. The molecular weight excluding hydrogens is 180 g/mol. The molecule has 0 aliphatic heterocycles. The van der Waals surface area contributed by atoms with Crippen LogP contribution in [0.25, 0.3) is 5.65 Å².